The largest absolute Gasteiger partial charge is 0.489 e. The number of hydrogen-bond acceptors (Lipinski definition) is 4. The molecule has 2 aromatic rings. The van der Waals surface area contributed by atoms with Crippen molar-refractivity contribution in [1.29, 1.82) is 0 Å². The number of para-hydroxylation sites is 2. The van der Waals surface area contributed by atoms with Crippen molar-refractivity contribution in [3.05, 3.63) is 48.3 Å². The van der Waals surface area contributed by atoms with Gasteiger partial charge in [-0.25, -0.2) is 4.98 Å². The Morgan fingerprint density at radius 1 is 1.09 bits per heavy atom. The molecule has 1 aromatic carbocycles. The second-order valence-electron chi connectivity index (χ2n) is 5.85. The maximum atomic E-state index is 11.9. The average Bonchev–Trinajstić information content (AvgIpc) is 2.49. The second kappa shape index (κ2) is 7.63. The van der Waals surface area contributed by atoms with Crippen LogP contribution in [0.2, 0.25) is 0 Å². The second-order valence-corrected chi connectivity index (χ2v) is 5.85. The van der Waals surface area contributed by atoms with Gasteiger partial charge in [0.25, 0.3) is 5.91 Å². The van der Waals surface area contributed by atoms with Gasteiger partial charge in [-0.15, -0.1) is 0 Å². The van der Waals surface area contributed by atoms with Gasteiger partial charge < -0.3 is 15.4 Å². The average molecular weight is 313 g/mol. The lowest BCUT2D eigenvalue weighted by molar-refractivity contribution is 0.0938. The van der Waals surface area contributed by atoms with Crippen molar-refractivity contribution >= 4 is 17.3 Å². The van der Waals surface area contributed by atoms with Gasteiger partial charge in [-0.05, 0) is 52.0 Å². The highest BCUT2D eigenvalue weighted by atomic mass is 16.5. The highest BCUT2D eigenvalue weighted by molar-refractivity contribution is 5.92. The number of aromatic nitrogens is 1. The number of hydrogen-bond donors (Lipinski definition) is 2. The molecule has 1 amide bonds. The molecule has 0 aliphatic heterocycles. The topological polar surface area (TPSA) is 63.2 Å². The fourth-order valence-corrected chi connectivity index (χ4v) is 2.02. The van der Waals surface area contributed by atoms with Crippen molar-refractivity contribution in [2.24, 2.45) is 0 Å². The summed E-state index contributed by atoms with van der Waals surface area (Å²) in [6, 6.07) is 11.3. The number of amides is 1. The standard InChI is InChI=1S/C18H23N3O2/c1-12(2)20-18(22)16-10-9-14(11-19-16)21-15-7-5-6-8-17(15)23-13(3)4/h5-13,21H,1-4H3,(H,20,22). The van der Waals surface area contributed by atoms with Gasteiger partial charge >= 0.3 is 0 Å². The fraction of sp³-hybridized carbons (Fsp3) is 0.333. The number of pyridine rings is 1. The Labute approximate surface area is 137 Å². The molecule has 0 fully saturated rings. The van der Waals surface area contributed by atoms with Gasteiger partial charge in [0.1, 0.15) is 11.4 Å². The summed E-state index contributed by atoms with van der Waals surface area (Å²) < 4.78 is 5.78. The predicted molar refractivity (Wildman–Crippen MR) is 92.3 cm³/mol. The SMILES string of the molecule is CC(C)NC(=O)c1ccc(Nc2ccccc2OC(C)C)cn1. The van der Waals surface area contributed by atoms with Crippen LogP contribution in [0.15, 0.2) is 42.6 Å². The zero-order chi connectivity index (χ0) is 16.8. The van der Waals surface area contributed by atoms with Crippen LogP contribution >= 0.6 is 0 Å². The first-order chi connectivity index (χ1) is 11.0. The lowest BCUT2D eigenvalue weighted by atomic mass is 10.2. The van der Waals surface area contributed by atoms with E-state index in [0.717, 1.165) is 17.1 Å². The molecule has 1 aromatic heterocycles. The van der Waals surface area contributed by atoms with Crippen molar-refractivity contribution in [2.75, 3.05) is 5.32 Å². The van der Waals surface area contributed by atoms with Gasteiger partial charge in [-0.1, -0.05) is 12.1 Å². The smallest absolute Gasteiger partial charge is 0.270 e. The molecule has 2 N–H and O–H groups in total. The summed E-state index contributed by atoms with van der Waals surface area (Å²) in [5.74, 6) is 0.610. The monoisotopic (exact) mass is 313 g/mol. The Morgan fingerprint density at radius 2 is 1.83 bits per heavy atom. The molecular formula is C18H23N3O2. The summed E-state index contributed by atoms with van der Waals surface area (Å²) in [6.45, 7) is 7.81. The number of nitrogens with one attached hydrogen (secondary N) is 2. The third kappa shape index (κ3) is 4.98. The number of rotatable bonds is 6. The minimum absolute atomic E-state index is 0.0853. The molecule has 5 heteroatoms. The van der Waals surface area contributed by atoms with Gasteiger partial charge in [0.05, 0.1) is 23.7 Å². The van der Waals surface area contributed by atoms with Crippen LogP contribution in [0.3, 0.4) is 0 Å². The zero-order valence-electron chi connectivity index (χ0n) is 14.0. The summed E-state index contributed by atoms with van der Waals surface area (Å²) in [7, 11) is 0. The van der Waals surface area contributed by atoms with Crippen molar-refractivity contribution in [2.45, 2.75) is 39.8 Å². The Kier molecular flexibility index (Phi) is 5.57. The molecule has 0 radical (unpaired) electrons. The van der Waals surface area contributed by atoms with Crippen LogP contribution in [-0.2, 0) is 0 Å². The zero-order valence-corrected chi connectivity index (χ0v) is 14.0. The molecule has 0 bridgehead atoms. The lowest BCUT2D eigenvalue weighted by Gasteiger charge is -2.15. The fourth-order valence-electron chi connectivity index (χ4n) is 2.02. The van der Waals surface area contributed by atoms with Crippen LogP contribution in [0.4, 0.5) is 11.4 Å². The molecule has 23 heavy (non-hydrogen) atoms. The molecule has 5 nitrogen and oxygen atoms in total. The van der Waals surface area contributed by atoms with Gasteiger partial charge in [-0.3, -0.25) is 4.79 Å². The summed E-state index contributed by atoms with van der Waals surface area (Å²) in [5, 5.41) is 6.08. The van der Waals surface area contributed by atoms with E-state index in [4.69, 9.17) is 4.74 Å². The molecule has 0 aliphatic rings. The van der Waals surface area contributed by atoms with E-state index >= 15 is 0 Å². The number of ether oxygens (including phenoxy) is 1. The molecule has 0 aliphatic carbocycles. The Bertz CT molecular complexity index is 652. The predicted octanol–water partition coefficient (Wildman–Crippen LogP) is 3.75. The normalized spacial score (nSPS) is 10.7. The van der Waals surface area contributed by atoms with E-state index in [1.54, 1.807) is 12.3 Å². The third-order valence-electron chi connectivity index (χ3n) is 2.94. The van der Waals surface area contributed by atoms with E-state index in [2.05, 4.69) is 15.6 Å². The van der Waals surface area contributed by atoms with Crippen LogP contribution in [0, 0.1) is 0 Å². The van der Waals surface area contributed by atoms with Gasteiger partial charge in [0, 0.05) is 6.04 Å². The maximum Gasteiger partial charge on any atom is 0.270 e. The minimum Gasteiger partial charge on any atom is -0.489 e. The van der Waals surface area contributed by atoms with Crippen LogP contribution in [0.1, 0.15) is 38.2 Å². The highest BCUT2D eigenvalue weighted by Gasteiger charge is 2.09. The number of anilines is 2. The van der Waals surface area contributed by atoms with Gasteiger partial charge in [-0.2, -0.15) is 0 Å². The molecule has 0 saturated carbocycles. The third-order valence-corrected chi connectivity index (χ3v) is 2.94. The molecule has 0 spiro atoms. The number of carbonyl (C=O) groups excluding carboxylic acids is 1. The molecule has 2 rings (SSSR count). The Balaban J connectivity index is 2.11. The van der Waals surface area contributed by atoms with Crippen molar-refractivity contribution < 1.29 is 9.53 Å². The van der Waals surface area contributed by atoms with E-state index in [9.17, 15) is 4.79 Å². The van der Waals surface area contributed by atoms with E-state index in [0.29, 0.717) is 5.69 Å². The van der Waals surface area contributed by atoms with Gasteiger partial charge in [0.15, 0.2) is 0 Å². The molecule has 122 valence electrons. The number of carbonyl (C=O) groups is 1. The number of benzene rings is 1. The minimum atomic E-state index is -0.171. The van der Waals surface area contributed by atoms with E-state index in [1.807, 2.05) is 58.0 Å². The van der Waals surface area contributed by atoms with E-state index in [1.165, 1.54) is 0 Å². The lowest BCUT2D eigenvalue weighted by Crippen LogP contribution is -2.30. The van der Waals surface area contributed by atoms with Crippen molar-refractivity contribution in [3.8, 4) is 5.75 Å². The molecule has 0 atom stereocenters. The van der Waals surface area contributed by atoms with Crippen molar-refractivity contribution in [3.63, 3.8) is 0 Å². The van der Waals surface area contributed by atoms with Gasteiger partial charge in [0.2, 0.25) is 0 Å². The van der Waals surface area contributed by atoms with E-state index in [-0.39, 0.29) is 18.1 Å². The summed E-state index contributed by atoms with van der Waals surface area (Å²) in [6.07, 6.45) is 1.74. The van der Waals surface area contributed by atoms with Crippen LogP contribution in [-0.4, -0.2) is 23.0 Å². The first-order valence-corrected chi connectivity index (χ1v) is 7.75. The number of nitrogens with zero attached hydrogens (tertiary/aromatic N) is 1. The molecule has 0 saturated heterocycles. The Hall–Kier alpha value is -2.56. The maximum absolute atomic E-state index is 11.9. The Morgan fingerprint density at radius 3 is 2.43 bits per heavy atom. The summed E-state index contributed by atoms with van der Waals surface area (Å²) >= 11 is 0. The molecule has 1 heterocycles. The highest BCUT2D eigenvalue weighted by Crippen LogP contribution is 2.27. The van der Waals surface area contributed by atoms with Crippen LogP contribution < -0.4 is 15.4 Å². The van der Waals surface area contributed by atoms with Crippen LogP contribution in [0.25, 0.3) is 0 Å². The first kappa shape index (κ1) is 16.8. The molecular weight excluding hydrogens is 290 g/mol. The molecule has 0 unspecified atom stereocenters. The quantitative estimate of drug-likeness (QED) is 0.852. The van der Waals surface area contributed by atoms with Crippen LogP contribution in [0.5, 0.6) is 5.75 Å². The van der Waals surface area contributed by atoms with E-state index < -0.39 is 0 Å². The summed E-state index contributed by atoms with van der Waals surface area (Å²) in [5.41, 5.74) is 2.06. The first-order valence-electron chi connectivity index (χ1n) is 7.75. The van der Waals surface area contributed by atoms with Crippen molar-refractivity contribution in [1.82, 2.24) is 10.3 Å². The summed E-state index contributed by atoms with van der Waals surface area (Å²) in [4.78, 5) is 16.1.